The molecule has 0 bridgehead atoms. The predicted octanol–water partition coefficient (Wildman–Crippen LogP) is 13.6. The molecule has 0 radical (unpaired) electrons. The van der Waals surface area contributed by atoms with Gasteiger partial charge in [0.25, 0.3) is 0 Å². The highest BCUT2D eigenvalue weighted by Crippen LogP contribution is 2.14. The van der Waals surface area contributed by atoms with Gasteiger partial charge < -0.3 is 14.6 Å². The van der Waals surface area contributed by atoms with Crippen LogP contribution in [0, 0.1) is 0 Å². The van der Waals surface area contributed by atoms with Crippen molar-refractivity contribution in [2.75, 3.05) is 13.2 Å². The van der Waals surface area contributed by atoms with Gasteiger partial charge in [0.05, 0.1) is 6.61 Å². The van der Waals surface area contributed by atoms with Crippen molar-refractivity contribution in [2.45, 2.75) is 225 Å². The number of aliphatic hydroxyl groups is 1. The third-order valence-corrected chi connectivity index (χ3v) is 9.41. The Kier molecular flexibility index (Phi) is 40.0. The van der Waals surface area contributed by atoms with Gasteiger partial charge in [-0.1, -0.05) is 172 Å². The lowest BCUT2D eigenvalue weighted by Gasteiger charge is -2.15. The molecule has 5 heteroatoms. The van der Waals surface area contributed by atoms with Crippen molar-refractivity contribution in [3.05, 3.63) is 36.5 Å². The summed E-state index contributed by atoms with van der Waals surface area (Å²) in [5.41, 5.74) is 0. The van der Waals surface area contributed by atoms with Gasteiger partial charge in [-0.25, -0.2) is 0 Å². The Balaban J connectivity index is 3.53. The number of esters is 2. The van der Waals surface area contributed by atoms with Crippen LogP contribution in [0.5, 0.6) is 0 Å². The van der Waals surface area contributed by atoms with Crippen molar-refractivity contribution < 1.29 is 24.2 Å². The minimum absolute atomic E-state index is 0.0702. The number of rotatable bonds is 39. The van der Waals surface area contributed by atoms with E-state index in [1.165, 1.54) is 141 Å². The van der Waals surface area contributed by atoms with Gasteiger partial charge in [0.15, 0.2) is 6.10 Å². The normalized spacial score (nSPS) is 12.5. The summed E-state index contributed by atoms with van der Waals surface area (Å²) in [6.45, 7) is 4.11. The molecular formula is C45H82O5. The first-order valence-electron chi connectivity index (χ1n) is 21.5. The number of allylic oxidation sites excluding steroid dienone is 6. The average molecular weight is 703 g/mol. The summed E-state index contributed by atoms with van der Waals surface area (Å²) in [6, 6.07) is 0. The summed E-state index contributed by atoms with van der Waals surface area (Å²) in [4.78, 5) is 24.3. The molecule has 0 aliphatic carbocycles. The molecule has 0 amide bonds. The maximum Gasteiger partial charge on any atom is 0.306 e. The number of hydrogen-bond donors (Lipinski definition) is 1. The molecular weight excluding hydrogens is 620 g/mol. The number of unbranched alkanes of at least 4 members (excludes halogenated alkanes) is 25. The number of aliphatic hydroxyl groups excluding tert-OH is 1. The fraction of sp³-hybridized carbons (Fsp3) is 0.822. The molecule has 0 aliphatic rings. The fourth-order valence-electron chi connectivity index (χ4n) is 6.11. The van der Waals surface area contributed by atoms with E-state index in [0.717, 1.165) is 51.4 Å². The van der Waals surface area contributed by atoms with E-state index in [-0.39, 0.29) is 25.2 Å². The molecule has 0 aliphatic heterocycles. The molecule has 0 aromatic carbocycles. The molecule has 1 N–H and O–H groups in total. The lowest BCUT2D eigenvalue weighted by Crippen LogP contribution is -2.28. The van der Waals surface area contributed by atoms with Crippen LogP contribution in [0.4, 0.5) is 0 Å². The van der Waals surface area contributed by atoms with E-state index in [1.54, 1.807) is 0 Å². The summed E-state index contributed by atoms with van der Waals surface area (Å²) in [5, 5.41) is 9.57. The van der Waals surface area contributed by atoms with Crippen LogP contribution < -0.4 is 0 Å². The van der Waals surface area contributed by atoms with Gasteiger partial charge in [0.1, 0.15) is 6.61 Å². The summed E-state index contributed by atoms with van der Waals surface area (Å²) in [7, 11) is 0. The summed E-state index contributed by atoms with van der Waals surface area (Å²) < 4.78 is 10.6. The van der Waals surface area contributed by atoms with Crippen molar-refractivity contribution in [3.63, 3.8) is 0 Å². The number of hydrogen-bond acceptors (Lipinski definition) is 5. The first-order chi connectivity index (χ1) is 24.6. The molecule has 292 valence electrons. The lowest BCUT2D eigenvalue weighted by molar-refractivity contribution is -0.161. The number of carbonyl (C=O) groups is 2. The molecule has 0 spiro atoms. The first-order valence-corrected chi connectivity index (χ1v) is 21.5. The molecule has 0 fully saturated rings. The highest BCUT2D eigenvalue weighted by atomic mass is 16.6. The number of carbonyl (C=O) groups excluding carboxylic acids is 2. The molecule has 1 atom stereocenters. The van der Waals surface area contributed by atoms with Crippen LogP contribution in [0.25, 0.3) is 0 Å². The highest BCUT2D eigenvalue weighted by molar-refractivity contribution is 5.70. The van der Waals surface area contributed by atoms with Crippen LogP contribution in [0.1, 0.15) is 219 Å². The van der Waals surface area contributed by atoms with Gasteiger partial charge in [0.2, 0.25) is 0 Å². The Morgan fingerprint density at radius 1 is 0.460 bits per heavy atom. The molecule has 0 aromatic rings. The maximum absolute atomic E-state index is 12.2. The maximum atomic E-state index is 12.2. The zero-order chi connectivity index (χ0) is 36.4. The first kappa shape index (κ1) is 48.1. The summed E-state index contributed by atoms with van der Waals surface area (Å²) >= 11 is 0. The molecule has 0 unspecified atom stereocenters. The second kappa shape index (κ2) is 41.5. The van der Waals surface area contributed by atoms with Crippen LogP contribution in [-0.2, 0) is 19.1 Å². The summed E-state index contributed by atoms with van der Waals surface area (Å²) in [6.07, 6.45) is 50.7. The van der Waals surface area contributed by atoms with Gasteiger partial charge in [-0.2, -0.15) is 0 Å². The van der Waals surface area contributed by atoms with Crippen molar-refractivity contribution in [1.82, 2.24) is 0 Å². The minimum Gasteiger partial charge on any atom is -0.462 e. The smallest absolute Gasteiger partial charge is 0.306 e. The molecule has 0 aromatic heterocycles. The second-order valence-electron chi connectivity index (χ2n) is 14.4. The Morgan fingerprint density at radius 3 is 1.24 bits per heavy atom. The third kappa shape index (κ3) is 38.9. The predicted molar refractivity (Wildman–Crippen MR) is 214 cm³/mol. The van der Waals surface area contributed by atoms with Gasteiger partial charge in [-0.3, -0.25) is 9.59 Å². The van der Waals surface area contributed by atoms with E-state index in [4.69, 9.17) is 9.47 Å². The van der Waals surface area contributed by atoms with Crippen LogP contribution in [-0.4, -0.2) is 36.4 Å². The Morgan fingerprint density at radius 2 is 0.800 bits per heavy atom. The third-order valence-electron chi connectivity index (χ3n) is 9.41. The molecule has 0 heterocycles. The van der Waals surface area contributed by atoms with Crippen LogP contribution >= 0.6 is 0 Å². The standard InChI is InChI=1S/C45H82O5/c1-3-5-7-9-11-13-15-17-19-20-21-22-23-24-26-27-29-31-33-35-37-39-44(47)49-42-43(41-46)50-45(48)40-38-36-34-32-30-28-25-18-16-14-12-10-8-6-4-2/h12,14,17-19,25,43,46H,3-11,13,15-16,20-24,26-42H2,1-2H3/b14-12+,19-17+,25-18+/t43-/m0/s1. The summed E-state index contributed by atoms with van der Waals surface area (Å²) in [5.74, 6) is -0.603. The molecule has 0 rings (SSSR count). The molecule has 5 nitrogen and oxygen atoms in total. The van der Waals surface area contributed by atoms with E-state index in [0.29, 0.717) is 12.8 Å². The Bertz CT molecular complexity index is 801. The second-order valence-corrected chi connectivity index (χ2v) is 14.4. The topological polar surface area (TPSA) is 72.8 Å². The van der Waals surface area contributed by atoms with Gasteiger partial charge in [0, 0.05) is 12.8 Å². The van der Waals surface area contributed by atoms with Crippen LogP contribution in [0.15, 0.2) is 36.5 Å². The number of ether oxygens (including phenoxy) is 2. The zero-order valence-electron chi connectivity index (χ0n) is 33.2. The quantitative estimate of drug-likeness (QED) is 0.0392. The van der Waals surface area contributed by atoms with Crippen molar-refractivity contribution in [1.29, 1.82) is 0 Å². The van der Waals surface area contributed by atoms with E-state index in [2.05, 4.69) is 50.3 Å². The van der Waals surface area contributed by atoms with Gasteiger partial charge in [-0.15, -0.1) is 0 Å². The van der Waals surface area contributed by atoms with Crippen molar-refractivity contribution >= 4 is 11.9 Å². The van der Waals surface area contributed by atoms with Crippen LogP contribution in [0.3, 0.4) is 0 Å². The van der Waals surface area contributed by atoms with Gasteiger partial charge >= 0.3 is 11.9 Å². The Labute approximate surface area is 310 Å². The highest BCUT2D eigenvalue weighted by Gasteiger charge is 2.16. The molecule has 50 heavy (non-hydrogen) atoms. The monoisotopic (exact) mass is 703 g/mol. The zero-order valence-corrected chi connectivity index (χ0v) is 33.2. The van der Waals surface area contributed by atoms with E-state index in [1.807, 2.05) is 0 Å². The minimum atomic E-state index is -0.777. The van der Waals surface area contributed by atoms with Crippen molar-refractivity contribution in [2.24, 2.45) is 0 Å². The lowest BCUT2D eigenvalue weighted by atomic mass is 10.0. The molecule has 0 saturated heterocycles. The Hall–Kier alpha value is -1.88. The van der Waals surface area contributed by atoms with Gasteiger partial charge in [-0.05, 0) is 70.6 Å². The fourth-order valence-corrected chi connectivity index (χ4v) is 6.11. The van der Waals surface area contributed by atoms with Crippen molar-refractivity contribution in [3.8, 4) is 0 Å². The SMILES string of the molecule is CCCCC/C=C/C/C=C/CCCCCCCC(=O)O[C@@H](CO)COC(=O)CCCCCCCCCCCCC/C=C/CCCCCCCC. The average Bonchev–Trinajstić information content (AvgIpc) is 3.12. The van der Waals surface area contributed by atoms with E-state index >= 15 is 0 Å². The van der Waals surface area contributed by atoms with E-state index in [9.17, 15) is 14.7 Å². The molecule has 0 saturated carbocycles. The van der Waals surface area contributed by atoms with Crippen LogP contribution in [0.2, 0.25) is 0 Å². The largest absolute Gasteiger partial charge is 0.462 e. The van der Waals surface area contributed by atoms with E-state index < -0.39 is 6.10 Å².